The van der Waals surface area contributed by atoms with Gasteiger partial charge in [-0.1, -0.05) is 12.1 Å². The molecule has 1 N–H and O–H groups in total. The van der Waals surface area contributed by atoms with Crippen molar-refractivity contribution in [1.82, 2.24) is 10.2 Å². The minimum atomic E-state index is -0.513. The van der Waals surface area contributed by atoms with Gasteiger partial charge in [-0.15, -0.1) is 0 Å². The van der Waals surface area contributed by atoms with E-state index in [1.807, 2.05) is 56.9 Å². The molecule has 1 aliphatic rings. The second-order valence-corrected chi connectivity index (χ2v) is 7.78. The lowest BCUT2D eigenvalue weighted by Gasteiger charge is -2.25. The number of carbonyl (C=O) groups excluding carboxylic acids is 2. The van der Waals surface area contributed by atoms with Crippen molar-refractivity contribution in [3.8, 4) is 5.75 Å². The van der Waals surface area contributed by atoms with Crippen LogP contribution in [0.2, 0.25) is 0 Å². The number of benzene rings is 1. The lowest BCUT2D eigenvalue weighted by atomic mass is 10.0. The molecule has 1 unspecified atom stereocenters. The molecule has 0 spiro atoms. The summed E-state index contributed by atoms with van der Waals surface area (Å²) in [5.74, 6) is 0.989. The molecule has 1 heterocycles. The van der Waals surface area contributed by atoms with Crippen LogP contribution in [-0.4, -0.2) is 42.2 Å². The van der Waals surface area contributed by atoms with Crippen LogP contribution in [0.25, 0.3) is 0 Å². The van der Waals surface area contributed by atoms with E-state index in [2.05, 4.69) is 5.32 Å². The third-order valence-electron chi connectivity index (χ3n) is 4.38. The Bertz CT molecular complexity index is 622. The summed E-state index contributed by atoms with van der Waals surface area (Å²) in [6.07, 6.45) is 2.58. The average Bonchev–Trinajstić information content (AvgIpc) is 3.08. The monoisotopic (exact) mass is 376 g/mol. The first-order valence-corrected chi connectivity index (χ1v) is 9.79. The van der Waals surface area contributed by atoms with E-state index in [1.165, 1.54) is 0 Å². The Morgan fingerprint density at radius 3 is 2.56 bits per heavy atom. The summed E-state index contributed by atoms with van der Waals surface area (Å²) in [5, 5.41) is 2.70. The highest BCUT2D eigenvalue weighted by Gasteiger charge is 2.29. The van der Waals surface area contributed by atoms with Gasteiger partial charge in [0, 0.05) is 19.5 Å². The molecule has 27 heavy (non-hydrogen) atoms. The lowest BCUT2D eigenvalue weighted by Crippen LogP contribution is -2.34. The van der Waals surface area contributed by atoms with Gasteiger partial charge in [0.2, 0.25) is 5.91 Å². The van der Waals surface area contributed by atoms with E-state index in [4.69, 9.17) is 9.47 Å². The van der Waals surface area contributed by atoms with Gasteiger partial charge in [-0.25, -0.2) is 4.79 Å². The summed E-state index contributed by atoms with van der Waals surface area (Å²) in [7, 11) is 0. The van der Waals surface area contributed by atoms with Crippen LogP contribution in [0.4, 0.5) is 4.79 Å². The molecule has 6 nitrogen and oxygen atoms in total. The van der Waals surface area contributed by atoms with Crippen molar-refractivity contribution >= 4 is 12.0 Å². The Kier molecular flexibility index (Phi) is 7.51. The molecule has 0 bridgehead atoms. The van der Waals surface area contributed by atoms with E-state index >= 15 is 0 Å². The molecule has 1 fully saturated rings. The Labute approximate surface area is 162 Å². The normalized spacial score (nSPS) is 16.9. The molecule has 0 aliphatic carbocycles. The van der Waals surface area contributed by atoms with Crippen LogP contribution < -0.4 is 10.1 Å². The van der Waals surface area contributed by atoms with Crippen molar-refractivity contribution in [2.24, 2.45) is 0 Å². The Hall–Kier alpha value is -2.24. The molecule has 0 radical (unpaired) electrons. The molecule has 0 saturated carbocycles. The van der Waals surface area contributed by atoms with Gasteiger partial charge in [0.15, 0.2) is 0 Å². The number of nitrogens with zero attached hydrogens (tertiary/aromatic N) is 1. The van der Waals surface area contributed by atoms with Crippen LogP contribution in [0, 0.1) is 0 Å². The van der Waals surface area contributed by atoms with E-state index in [9.17, 15) is 9.59 Å². The SMILES string of the molecule is CCOc1ccc(C2CCCN2C(=O)CCCNC(=O)OC(C)(C)C)cc1. The Morgan fingerprint density at radius 1 is 1.22 bits per heavy atom. The summed E-state index contributed by atoms with van der Waals surface area (Å²) in [4.78, 5) is 26.2. The molecule has 1 aliphatic heterocycles. The van der Waals surface area contributed by atoms with Gasteiger partial charge in [-0.3, -0.25) is 4.79 Å². The summed E-state index contributed by atoms with van der Waals surface area (Å²) in [5.41, 5.74) is 0.636. The fourth-order valence-electron chi connectivity index (χ4n) is 3.25. The zero-order chi connectivity index (χ0) is 19.9. The standard InChI is InChI=1S/C21H32N2O4/c1-5-26-17-12-10-16(11-13-17)18-8-7-15-23(18)19(24)9-6-14-22-20(25)27-21(2,3)4/h10-13,18H,5-9,14-15H2,1-4H3,(H,22,25). The molecule has 150 valence electrons. The smallest absolute Gasteiger partial charge is 0.407 e. The minimum Gasteiger partial charge on any atom is -0.494 e. The number of carbonyl (C=O) groups is 2. The highest BCUT2D eigenvalue weighted by Crippen LogP contribution is 2.33. The highest BCUT2D eigenvalue weighted by atomic mass is 16.6. The molecule has 1 saturated heterocycles. The van der Waals surface area contributed by atoms with Gasteiger partial charge in [0.1, 0.15) is 11.4 Å². The highest BCUT2D eigenvalue weighted by molar-refractivity contribution is 5.77. The van der Waals surface area contributed by atoms with Crippen LogP contribution >= 0.6 is 0 Å². The van der Waals surface area contributed by atoms with Gasteiger partial charge < -0.3 is 19.7 Å². The van der Waals surface area contributed by atoms with E-state index in [1.54, 1.807) is 0 Å². The first-order chi connectivity index (χ1) is 12.8. The number of ether oxygens (including phenoxy) is 2. The zero-order valence-electron chi connectivity index (χ0n) is 16.9. The number of nitrogens with one attached hydrogen (secondary N) is 1. The number of hydrogen-bond donors (Lipinski definition) is 1. The topological polar surface area (TPSA) is 67.9 Å². The molecule has 1 aromatic rings. The van der Waals surface area contributed by atoms with Crippen LogP contribution in [0.15, 0.2) is 24.3 Å². The lowest BCUT2D eigenvalue weighted by molar-refractivity contribution is -0.132. The number of likely N-dealkylation sites (tertiary alicyclic amines) is 1. The third kappa shape index (κ3) is 6.77. The second kappa shape index (κ2) is 9.62. The largest absolute Gasteiger partial charge is 0.494 e. The third-order valence-corrected chi connectivity index (χ3v) is 4.38. The Balaban J connectivity index is 1.80. The van der Waals surface area contributed by atoms with Gasteiger partial charge >= 0.3 is 6.09 Å². The molecule has 0 aromatic heterocycles. The van der Waals surface area contributed by atoms with E-state index in [0.29, 0.717) is 26.0 Å². The van der Waals surface area contributed by atoms with E-state index in [-0.39, 0.29) is 11.9 Å². The molecular weight excluding hydrogens is 344 g/mol. The molecular formula is C21H32N2O4. The summed E-state index contributed by atoms with van der Waals surface area (Å²) >= 11 is 0. The van der Waals surface area contributed by atoms with Crippen molar-refractivity contribution in [1.29, 1.82) is 0 Å². The fourth-order valence-corrected chi connectivity index (χ4v) is 3.25. The number of alkyl carbamates (subject to hydrolysis) is 1. The summed E-state index contributed by atoms with van der Waals surface area (Å²) in [6.45, 7) is 9.30. The predicted octanol–water partition coefficient (Wildman–Crippen LogP) is 4.05. The van der Waals surface area contributed by atoms with Crippen molar-refractivity contribution in [3.05, 3.63) is 29.8 Å². The maximum absolute atomic E-state index is 12.6. The number of amides is 2. The minimum absolute atomic E-state index is 0.131. The Morgan fingerprint density at radius 2 is 1.93 bits per heavy atom. The molecule has 2 rings (SSSR count). The van der Waals surface area contributed by atoms with Gasteiger partial charge in [-0.2, -0.15) is 0 Å². The van der Waals surface area contributed by atoms with Crippen molar-refractivity contribution in [2.75, 3.05) is 19.7 Å². The number of hydrogen-bond acceptors (Lipinski definition) is 4. The van der Waals surface area contributed by atoms with Gasteiger partial charge in [-0.05, 0) is 64.7 Å². The fraction of sp³-hybridized carbons (Fsp3) is 0.619. The molecule has 6 heteroatoms. The van der Waals surface area contributed by atoms with Crippen molar-refractivity contribution in [3.63, 3.8) is 0 Å². The molecule has 1 atom stereocenters. The first-order valence-electron chi connectivity index (χ1n) is 9.79. The van der Waals surface area contributed by atoms with Crippen LogP contribution in [0.5, 0.6) is 5.75 Å². The first kappa shape index (κ1) is 21.1. The van der Waals surface area contributed by atoms with Crippen molar-refractivity contribution < 1.29 is 19.1 Å². The maximum atomic E-state index is 12.6. The second-order valence-electron chi connectivity index (χ2n) is 7.78. The molecule has 2 amide bonds. The van der Waals surface area contributed by atoms with E-state index < -0.39 is 11.7 Å². The quantitative estimate of drug-likeness (QED) is 0.729. The van der Waals surface area contributed by atoms with Crippen LogP contribution in [0.3, 0.4) is 0 Å². The van der Waals surface area contributed by atoms with E-state index in [0.717, 1.165) is 30.7 Å². The van der Waals surface area contributed by atoms with Crippen molar-refractivity contribution in [2.45, 2.75) is 65.0 Å². The zero-order valence-corrected chi connectivity index (χ0v) is 16.9. The van der Waals surface area contributed by atoms with Gasteiger partial charge in [0.05, 0.1) is 12.6 Å². The average molecular weight is 376 g/mol. The van der Waals surface area contributed by atoms with Crippen LogP contribution in [0.1, 0.15) is 65.0 Å². The van der Waals surface area contributed by atoms with Gasteiger partial charge in [0.25, 0.3) is 0 Å². The maximum Gasteiger partial charge on any atom is 0.407 e. The summed E-state index contributed by atoms with van der Waals surface area (Å²) < 4.78 is 10.7. The summed E-state index contributed by atoms with van der Waals surface area (Å²) in [6, 6.07) is 8.15. The number of rotatable bonds is 7. The molecule has 1 aromatic carbocycles. The van der Waals surface area contributed by atoms with Crippen LogP contribution in [-0.2, 0) is 9.53 Å². The predicted molar refractivity (Wildman–Crippen MR) is 105 cm³/mol.